The first kappa shape index (κ1) is 23.4. The summed E-state index contributed by atoms with van der Waals surface area (Å²) in [6.07, 6.45) is 5.11. The summed E-state index contributed by atoms with van der Waals surface area (Å²) in [5.74, 6) is -0.325. The van der Waals surface area contributed by atoms with Gasteiger partial charge in [-0.1, -0.05) is 18.2 Å². The molecule has 0 aliphatic carbocycles. The van der Waals surface area contributed by atoms with E-state index in [2.05, 4.69) is 20.7 Å². The number of anilines is 2. The van der Waals surface area contributed by atoms with E-state index >= 15 is 0 Å². The maximum Gasteiger partial charge on any atom is 0.135 e. The van der Waals surface area contributed by atoms with Gasteiger partial charge in [0, 0.05) is 35.7 Å². The zero-order valence-electron chi connectivity index (χ0n) is 19.4. The summed E-state index contributed by atoms with van der Waals surface area (Å²) in [6.45, 7) is -0.300. The summed E-state index contributed by atoms with van der Waals surface area (Å²) in [5, 5.41) is 22.7. The molecule has 0 spiro atoms. The number of pyridine rings is 1. The minimum absolute atomic E-state index is 0.00425. The Morgan fingerprint density at radius 1 is 0.861 bits per heavy atom. The maximum absolute atomic E-state index is 14.1. The lowest BCUT2D eigenvalue weighted by molar-refractivity contribution is 0.0241. The van der Waals surface area contributed by atoms with Crippen molar-refractivity contribution in [3.63, 3.8) is 0 Å². The largest absolute Gasteiger partial charge is 0.382 e. The minimum atomic E-state index is -1.71. The third kappa shape index (κ3) is 5.04. The number of alkyl halides is 1. The van der Waals surface area contributed by atoms with Crippen LogP contribution in [0.2, 0.25) is 0 Å². The molecule has 0 aliphatic rings. The van der Waals surface area contributed by atoms with E-state index in [1.165, 1.54) is 12.1 Å². The molecule has 2 aromatic heterocycles. The average Bonchev–Trinajstić information content (AvgIpc) is 3.35. The summed E-state index contributed by atoms with van der Waals surface area (Å²) >= 11 is 0. The molecule has 0 saturated carbocycles. The van der Waals surface area contributed by atoms with Crippen LogP contribution in [0.4, 0.5) is 20.2 Å². The highest BCUT2D eigenvalue weighted by Gasteiger charge is 2.30. The lowest BCUT2D eigenvalue weighted by atomic mass is 9.94. The molecule has 0 aliphatic heterocycles. The molecule has 5 rings (SSSR count). The molecule has 1 atom stereocenters. The standard InChI is InChI=1S/C28H25F2N5O/c29-18-28(36,19-33-24-6-1-20(2-7-24)16-32-25-11-13-31-14-12-25)22-3-10-27-21(15-22)17-34-35(27)26-8-4-23(30)5-9-26/h1-15,17,33,36H,16,18-19H2,(H,31,32). The molecule has 36 heavy (non-hydrogen) atoms. The molecule has 0 saturated heterocycles. The van der Waals surface area contributed by atoms with Crippen LogP contribution in [0.3, 0.4) is 0 Å². The van der Waals surface area contributed by atoms with Gasteiger partial charge in [-0.2, -0.15) is 5.10 Å². The number of rotatable bonds is 9. The fraction of sp³-hybridized carbons (Fsp3) is 0.143. The third-order valence-electron chi connectivity index (χ3n) is 6.11. The summed E-state index contributed by atoms with van der Waals surface area (Å²) in [7, 11) is 0. The fourth-order valence-electron chi connectivity index (χ4n) is 4.00. The Labute approximate surface area is 207 Å². The van der Waals surface area contributed by atoms with Crippen molar-refractivity contribution >= 4 is 22.3 Å². The highest BCUT2D eigenvalue weighted by molar-refractivity contribution is 5.81. The Balaban J connectivity index is 1.27. The second-order valence-corrected chi connectivity index (χ2v) is 8.61. The SMILES string of the molecule is OC(CF)(CNc1ccc(CNc2ccncc2)cc1)c1ccc2c(cnn2-c2ccc(F)cc2)c1. The number of aromatic nitrogens is 3. The summed E-state index contributed by atoms with van der Waals surface area (Å²) in [6, 6.07) is 22.8. The fourth-order valence-corrected chi connectivity index (χ4v) is 4.00. The maximum atomic E-state index is 14.1. The molecule has 0 amide bonds. The zero-order valence-corrected chi connectivity index (χ0v) is 19.4. The van der Waals surface area contributed by atoms with Gasteiger partial charge in [0.05, 0.1) is 23.9 Å². The highest BCUT2D eigenvalue weighted by Crippen LogP contribution is 2.28. The van der Waals surface area contributed by atoms with Gasteiger partial charge in [-0.15, -0.1) is 0 Å². The lowest BCUT2D eigenvalue weighted by Crippen LogP contribution is -2.36. The molecular weight excluding hydrogens is 460 g/mol. The van der Waals surface area contributed by atoms with Crippen molar-refractivity contribution in [2.45, 2.75) is 12.1 Å². The Hall–Kier alpha value is -4.30. The quantitative estimate of drug-likeness (QED) is 0.259. The van der Waals surface area contributed by atoms with Crippen molar-refractivity contribution < 1.29 is 13.9 Å². The van der Waals surface area contributed by atoms with E-state index in [1.54, 1.807) is 53.6 Å². The van der Waals surface area contributed by atoms with Gasteiger partial charge in [-0.3, -0.25) is 4.98 Å². The molecule has 0 bridgehead atoms. The van der Waals surface area contributed by atoms with Gasteiger partial charge in [-0.25, -0.2) is 13.5 Å². The first-order chi connectivity index (χ1) is 17.5. The van der Waals surface area contributed by atoms with Gasteiger partial charge in [0.1, 0.15) is 18.1 Å². The summed E-state index contributed by atoms with van der Waals surface area (Å²) in [4.78, 5) is 4.00. The average molecular weight is 486 g/mol. The van der Waals surface area contributed by atoms with E-state index in [9.17, 15) is 13.9 Å². The smallest absolute Gasteiger partial charge is 0.135 e. The number of hydrogen-bond donors (Lipinski definition) is 3. The lowest BCUT2D eigenvalue weighted by Gasteiger charge is -2.26. The molecule has 5 aromatic rings. The molecular formula is C28H25F2N5O. The monoisotopic (exact) mass is 485 g/mol. The predicted molar refractivity (Wildman–Crippen MR) is 137 cm³/mol. The second kappa shape index (κ2) is 10.1. The molecule has 3 N–H and O–H groups in total. The number of nitrogens with one attached hydrogen (secondary N) is 2. The van der Waals surface area contributed by atoms with Crippen LogP contribution in [0.1, 0.15) is 11.1 Å². The van der Waals surface area contributed by atoms with E-state index in [0.717, 1.165) is 27.8 Å². The Kier molecular flexibility index (Phi) is 6.60. The van der Waals surface area contributed by atoms with Crippen LogP contribution in [0, 0.1) is 5.82 Å². The van der Waals surface area contributed by atoms with Crippen LogP contribution in [-0.2, 0) is 12.1 Å². The first-order valence-electron chi connectivity index (χ1n) is 11.5. The van der Waals surface area contributed by atoms with E-state index in [4.69, 9.17) is 0 Å². The van der Waals surface area contributed by atoms with Crippen molar-refractivity contribution in [2.75, 3.05) is 23.9 Å². The van der Waals surface area contributed by atoms with Gasteiger partial charge >= 0.3 is 0 Å². The molecule has 0 radical (unpaired) electrons. The molecule has 8 heteroatoms. The summed E-state index contributed by atoms with van der Waals surface area (Å²) in [5.41, 5.74) is 3.06. The number of benzene rings is 3. The molecule has 3 aromatic carbocycles. The number of hydrogen-bond acceptors (Lipinski definition) is 5. The number of aliphatic hydroxyl groups is 1. The molecule has 1 unspecified atom stereocenters. The van der Waals surface area contributed by atoms with Crippen LogP contribution in [0.25, 0.3) is 16.6 Å². The molecule has 6 nitrogen and oxygen atoms in total. The number of fused-ring (bicyclic) bond motifs is 1. The van der Waals surface area contributed by atoms with E-state index in [0.29, 0.717) is 17.8 Å². The number of nitrogens with zero attached hydrogens (tertiary/aromatic N) is 3. The predicted octanol–water partition coefficient (Wildman–Crippen LogP) is 5.44. The van der Waals surface area contributed by atoms with Crippen molar-refractivity contribution in [2.24, 2.45) is 0 Å². The van der Waals surface area contributed by atoms with E-state index in [1.807, 2.05) is 36.4 Å². The second-order valence-electron chi connectivity index (χ2n) is 8.61. The Morgan fingerprint density at radius 3 is 2.31 bits per heavy atom. The molecule has 2 heterocycles. The van der Waals surface area contributed by atoms with Crippen molar-refractivity contribution in [3.05, 3.63) is 114 Å². The zero-order chi connectivity index (χ0) is 25.0. The van der Waals surface area contributed by atoms with Gasteiger partial charge in [0.2, 0.25) is 0 Å². The van der Waals surface area contributed by atoms with Crippen molar-refractivity contribution in [1.29, 1.82) is 0 Å². The Morgan fingerprint density at radius 2 is 1.58 bits per heavy atom. The van der Waals surface area contributed by atoms with E-state index < -0.39 is 12.3 Å². The third-order valence-corrected chi connectivity index (χ3v) is 6.11. The number of halogens is 2. The molecule has 182 valence electrons. The van der Waals surface area contributed by atoms with Gasteiger partial charge in [-0.05, 0) is 71.8 Å². The van der Waals surface area contributed by atoms with Crippen LogP contribution in [0.15, 0.2) is 97.5 Å². The summed E-state index contributed by atoms with van der Waals surface area (Å²) < 4.78 is 29.1. The first-order valence-corrected chi connectivity index (χ1v) is 11.5. The van der Waals surface area contributed by atoms with Crippen molar-refractivity contribution in [3.8, 4) is 5.69 Å². The normalized spacial score (nSPS) is 12.9. The van der Waals surface area contributed by atoms with Crippen LogP contribution < -0.4 is 10.6 Å². The van der Waals surface area contributed by atoms with Gasteiger partial charge < -0.3 is 15.7 Å². The van der Waals surface area contributed by atoms with Crippen LogP contribution >= 0.6 is 0 Å². The minimum Gasteiger partial charge on any atom is -0.382 e. The Bertz CT molecular complexity index is 1440. The van der Waals surface area contributed by atoms with Gasteiger partial charge in [0.25, 0.3) is 0 Å². The van der Waals surface area contributed by atoms with Gasteiger partial charge in [0.15, 0.2) is 0 Å². The topological polar surface area (TPSA) is 75.0 Å². The van der Waals surface area contributed by atoms with E-state index in [-0.39, 0.29) is 12.4 Å². The molecule has 0 fully saturated rings. The highest BCUT2D eigenvalue weighted by atomic mass is 19.1. The van der Waals surface area contributed by atoms with Crippen LogP contribution in [0.5, 0.6) is 0 Å². The van der Waals surface area contributed by atoms with Crippen molar-refractivity contribution in [1.82, 2.24) is 14.8 Å². The van der Waals surface area contributed by atoms with Crippen LogP contribution in [-0.4, -0.2) is 33.1 Å².